The van der Waals surface area contributed by atoms with Gasteiger partial charge < -0.3 is 51.6 Å². The molecule has 2 aliphatic heterocycles. The van der Waals surface area contributed by atoms with Crippen molar-refractivity contribution >= 4 is 24.0 Å². The summed E-state index contributed by atoms with van der Waals surface area (Å²) in [4.78, 5) is 25.4. The Morgan fingerprint density at radius 3 is 2.08 bits per heavy atom. The van der Waals surface area contributed by atoms with Crippen LogP contribution in [0, 0.1) is 0 Å². The molecule has 4 rings (SSSR count). The molecule has 212 valence electrons. The van der Waals surface area contributed by atoms with Crippen molar-refractivity contribution in [3.05, 3.63) is 23.3 Å². The summed E-state index contributed by atoms with van der Waals surface area (Å²) in [6, 6.07) is 3.11. The third-order valence-corrected chi connectivity index (χ3v) is 6.12. The quantitative estimate of drug-likeness (QED) is 0.143. The summed E-state index contributed by atoms with van der Waals surface area (Å²) in [6.07, 6.45) is 0. The molecule has 13 nitrogen and oxygen atoms in total. The van der Waals surface area contributed by atoms with Crippen molar-refractivity contribution in [1.82, 2.24) is 0 Å². The van der Waals surface area contributed by atoms with Gasteiger partial charge in [-0.25, -0.2) is 9.59 Å². The number of esters is 2. The van der Waals surface area contributed by atoms with Crippen molar-refractivity contribution in [3.63, 3.8) is 0 Å². The van der Waals surface area contributed by atoms with Crippen LogP contribution in [0.1, 0.15) is 15.9 Å². The zero-order valence-corrected chi connectivity index (χ0v) is 22.6. The van der Waals surface area contributed by atoms with Crippen molar-refractivity contribution in [3.8, 4) is 45.6 Å². The average molecular weight is 569 g/mol. The minimum Gasteiger partial charge on any atom is -0.493 e. The molecule has 2 aromatic rings. The van der Waals surface area contributed by atoms with Crippen molar-refractivity contribution in [2.75, 3.05) is 67.8 Å². The number of carbonyl (C=O) groups is 2. The van der Waals surface area contributed by atoms with E-state index in [1.807, 2.05) is 0 Å². The lowest BCUT2D eigenvalue weighted by Crippen LogP contribution is -2.15. The molecule has 2 heterocycles. The van der Waals surface area contributed by atoms with E-state index in [2.05, 4.69) is 0 Å². The van der Waals surface area contributed by atoms with Gasteiger partial charge in [0, 0.05) is 28.7 Å². The maximum absolute atomic E-state index is 12.9. The lowest BCUT2D eigenvalue weighted by Gasteiger charge is -2.19. The smallest absolute Gasteiger partial charge is 0.338 e. The number of rotatable bonds is 14. The highest BCUT2D eigenvalue weighted by Crippen LogP contribution is 2.56. The number of methoxy groups -OCH3 is 3. The fraction of sp³-hybridized carbons (Fsp3) is 0.440. The van der Waals surface area contributed by atoms with E-state index < -0.39 is 11.9 Å². The van der Waals surface area contributed by atoms with E-state index in [4.69, 9.17) is 51.6 Å². The fourth-order valence-corrected chi connectivity index (χ4v) is 4.23. The molecule has 0 unspecified atom stereocenters. The maximum atomic E-state index is 12.9. The molecule has 0 saturated carbocycles. The summed E-state index contributed by atoms with van der Waals surface area (Å²) in [5.74, 6) is 0.824. The van der Waals surface area contributed by atoms with Crippen LogP contribution in [0.4, 0.5) is 0 Å². The summed E-state index contributed by atoms with van der Waals surface area (Å²) in [5.41, 5.74) is 1.24. The first-order chi connectivity index (χ1) is 19.0. The molecule has 2 aliphatic rings. The third-order valence-electron chi connectivity index (χ3n) is 5.62. The Kier molecular flexibility index (Phi) is 9.81. The number of carbonyl (C=O) groups excluding carboxylic acids is 2. The first kappa shape index (κ1) is 28.4. The Morgan fingerprint density at radius 1 is 0.821 bits per heavy atom. The number of benzene rings is 2. The zero-order chi connectivity index (χ0) is 27.8. The van der Waals surface area contributed by atoms with Gasteiger partial charge in [0.2, 0.25) is 25.1 Å². The minimum atomic E-state index is -0.660. The average Bonchev–Trinajstić information content (AvgIpc) is 3.64. The largest absolute Gasteiger partial charge is 0.493 e. The van der Waals surface area contributed by atoms with Crippen LogP contribution >= 0.6 is 12.0 Å². The summed E-state index contributed by atoms with van der Waals surface area (Å²) < 4.78 is 59.7. The van der Waals surface area contributed by atoms with E-state index in [1.165, 1.54) is 27.4 Å². The Labute approximate surface area is 228 Å². The van der Waals surface area contributed by atoms with Gasteiger partial charge in [-0.05, 0) is 12.1 Å². The molecule has 0 N–H and O–H groups in total. The Balaban J connectivity index is 1.66. The summed E-state index contributed by atoms with van der Waals surface area (Å²) in [7, 11) is 5.71. The van der Waals surface area contributed by atoms with Crippen LogP contribution in [0.2, 0.25) is 0 Å². The molecular weight excluding hydrogens is 540 g/mol. The molecule has 0 radical (unpaired) electrons. The maximum Gasteiger partial charge on any atom is 0.338 e. The molecular formula is C25H28O13S. The van der Waals surface area contributed by atoms with E-state index in [0.29, 0.717) is 39.9 Å². The van der Waals surface area contributed by atoms with Crippen LogP contribution in [-0.4, -0.2) is 79.7 Å². The van der Waals surface area contributed by atoms with Gasteiger partial charge in [-0.15, -0.1) is 0 Å². The number of hydrogen-bond acceptors (Lipinski definition) is 14. The van der Waals surface area contributed by atoms with Gasteiger partial charge in [-0.1, -0.05) is 0 Å². The normalized spacial score (nSPS) is 12.8. The van der Waals surface area contributed by atoms with Gasteiger partial charge in [0.05, 0.1) is 47.2 Å². The summed E-state index contributed by atoms with van der Waals surface area (Å²) >= 11 is 1.15. The highest BCUT2D eigenvalue weighted by molar-refractivity contribution is 7.94. The Bertz CT molecular complexity index is 1200. The molecule has 0 amide bonds. The molecule has 0 saturated heterocycles. The van der Waals surface area contributed by atoms with E-state index in [9.17, 15) is 9.59 Å². The second-order valence-corrected chi connectivity index (χ2v) is 8.56. The molecule has 0 aliphatic carbocycles. The molecule has 0 spiro atoms. The predicted octanol–water partition coefficient (Wildman–Crippen LogP) is 2.94. The summed E-state index contributed by atoms with van der Waals surface area (Å²) in [6.45, 7) is -0.221. The van der Waals surface area contributed by atoms with Crippen molar-refractivity contribution in [2.24, 2.45) is 0 Å². The molecule has 0 bridgehead atoms. The molecule has 2 aromatic carbocycles. The van der Waals surface area contributed by atoms with Gasteiger partial charge in [-0.2, -0.15) is 0 Å². The highest BCUT2D eigenvalue weighted by Gasteiger charge is 2.36. The number of fused-ring (bicyclic) bond motifs is 2. The van der Waals surface area contributed by atoms with Crippen LogP contribution in [-0.2, 0) is 34.5 Å². The predicted molar refractivity (Wildman–Crippen MR) is 135 cm³/mol. The molecule has 39 heavy (non-hydrogen) atoms. The van der Waals surface area contributed by atoms with E-state index in [1.54, 1.807) is 13.2 Å². The van der Waals surface area contributed by atoms with Gasteiger partial charge in [0.15, 0.2) is 23.0 Å². The van der Waals surface area contributed by atoms with Crippen LogP contribution in [0.3, 0.4) is 0 Å². The molecule has 0 atom stereocenters. The monoisotopic (exact) mass is 568 g/mol. The number of hydrogen-bond donors (Lipinski definition) is 0. The van der Waals surface area contributed by atoms with Gasteiger partial charge in [0.1, 0.15) is 19.2 Å². The van der Waals surface area contributed by atoms with Crippen molar-refractivity contribution in [1.29, 1.82) is 0 Å². The topological polar surface area (TPSA) is 136 Å². The second-order valence-electron chi connectivity index (χ2n) is 7.76. The number of ether oxygens (including phenoxy) is 10. The minimum absolute atomic E-state index is 0.0933. The molecule has 0 aromatic heterocycles. The van der Waals surface area contributed by atoms with Crippen LogP contribution in [0.15, 0.2) is 12.1 Å². The SMILES string of the molecule is COSCOCCOCC(=O)OCc1cc(OC)c2c(c1-c1c(C(=O)OC)cc(OC)c3c1OCO3)OCO2. The highest BCUT2D eigenvalue weighted by atomic mass is 32.2. The van der Waals surface area contributed by atoms with E-state index >= 15 is 0 Å². The van der Waals surface area contributed by atoms with Crippen LogP contribution in [0.25, 0.3) is 11.1 Å². The molecule has 0 fully saturated rings. The summed E-state index contributed by atoms with van der Waals surface area (Å²) in [5, 5.41) is 0. The van der Waals surface area contributed by atoms with E-state index in [0.717, 1.165) is 12.0 Å². The van der Waals surface area contributed by atoms with Crippen molar-refractivity contribution < 1.29 is 61.1 Å². The first-order valence-electron chi connectivity index (χ1n) is 11.6. The zero-order valence-electron chi connectivity index (χ0n) is 21.8. The first-order valence-corrected chi connectivity index (χ1v) is 12.5. The van der Waals surface area contributed by atoms with Gasteiger partial charge in [0.25, 0.3) is 0 Å². The third kappa shape index (κ3) is 6.19. The van der Waals surface area contributed by atoms with E-state index in [-0.39, 0.29) is 62.8 Å². The standard InChI is InChI=1S/C25H28O13S/c1-28-16-7-14(9-34-18(26)10-32-5-6-33-13-39-31-4)19(23-21(16)35-11-37-23)20-15(25(27)30-3)8-17(29-2)22-24(20)38-12-36-22/h7-8H,5-6,9-13H2,1-4H3. The second kappa shape index (κ2) is 13.5. The van der Waals surface area contributed by atoms with Gasteiger partial charge in [-0.3, -0.25) is 0 Å². The van der Waals surface area contributed by atoms with Crippen molar-refractivity contribution in [2.45, 2.75) is 6.61 Å². The Hall–Kier alpha value is -3.59. The van der Waals surface area contributed by atoms with Crippen LogP contribution in [0.5, 0.6) is 34.5 Å². The van der Waals surface area contributed by atoms with Crippen LogP contribution < -0.4 is 28.4 Å². The molecule has 14 heteroatoms. The lowest BCUT2D eigenvalue weighted by molar-refractivity contribution is -0.150. The fourth-order valence-electron chi connectivity index (χ4n) is 3.95. The lowest BCUT2D eigenvalue weighted by atomic mass is 9.92. The van der Waals surface area contributed by atoms with Gasteiger partial charge >= 0.3 is 11.9 Å². The Morgan fingerprint density at radius 2 is 1.44 bits per heavy atom.